The molecule has 5 heteroatoms. The summed E-state index contributed by atoms with van der Waals surface area (Å²) in [5.41, 5.74) is 2.78. The first kappa shape index (κ1) is 15.7. The Labute approximate surface area is 134 Å². The number of hydrogen-bond acceptors (Lipinski definition) is 2. The van der Waals surface area contributed by atoms with Crippen LogP contribution in [0.5, 0.6) is 0 Å². The van der Waals surface area contributed by atoms with Crippen molar-refractivity contribution in [3.8, 4) is 0 Å². The van der Waals surface area contributed by atoms with E-state index >= 15 is 0 Å². The molecule has 1 aliphatic rings. The van der Waals surface area contributed by atoms with Gasteiger partial charge in [0.1, 0.15) is 11.6 Å². The van der Waals surface area contributed by atoms with Gasteiger partial charge in [-0.1, -0.05) is 41.7 Å². The number of aliphatic imine (C=N–C) groups is 1. The van der Waals surface area contributed by atoms with Gasteiger partial charge in [-0.2, -0.15) is 0 Å². The standard InChI is InChI=1S/C15H16Cl3NO/c1-4-15(3)13(5-6-16)20-14(19-15)10-7-11(17)9(2)12(18)8-10/h5-8,13H,4H2,1-3H3. The molecule has 2 nitrogen and oxygen atoms in total. The van der Waals surface area contributed by atoms with Crippen LogP contribution in [0.1, 0.15) is 31.4 Å². The summed E-state index contributed by atoms with van der Waals surface area (Å²) < 4.78 is 5.91. The molecule has 0 aliphatic carbocycles. The van der Waals surface area contributed by atoms with Crippen LogP contribution < -0.4 is 0 Å². The maximum Gasteiger partial charge on any atom is 0.217 e. The second-order valence-corrected chi connectivity index (χ2v) is 6.12. The zero-order valence-corrected chi connectivity index (χ0v) is 13.9. The van der Waals surface area contributed by atoms with E-state index in [0.717, 1.165) is 17.5 Å². The van der Waals surface area contributed by atoms with Gasteiger partial charge in [-0.3, -0.25) is 0 Å². The van der Waals surface area contributed by atoms with E-state index < -0.39 is 0 Å². The predicted molar refractivity (Wildman–Crippen MR) is 86.3 cm³/mol. The van der Waals surface area contributed by atoms with Gasteiger partial charge in [0.25, 0.3) is 0 Å². The van der Waals surface area contributed by atoms with Crippen LogP contribution in [-0.2, 0) is 4.74 Å². The summed E-state index contributed by atoms with van der Waals surface area (Å²) in [6, 6.07) is 3.65. The fraction of sp³-hybridized carbons (Fsp3) is 0.400. The van der Waals surface area contributed by atoms with Gasteiger partial charge in [0.2, 0.25) is 5.90 Å². The third-order valence-corrected chi connectivity index (χ3v) is 4.63. The normalized spacial score (nSPS) is 25.9. The highest BCUT2D eigenvalue weighted by Gasteiger charge is 2.39. The van der Waals surface area contributed by atoms with E-state index in [4.69, 9.17) is 39.5 Å². The summed E-state index contributed by atoms with van der Waals surface area (Å²) in [5, 5.41) is 1.21. The van der Waals surface area contributed by atoms with Crippen LogP contribution in [-0.4, -0.2) is 17.5 Å². The smallest absolute Gasteiger partial charge is 0.217 e. The van der Waals surface area contributed by atoms with Crippen LogP contribution in [0.2, 0.25) is 10.0 Å². The van der Waals surface area contributed by atoms with Gasteiger partial charge in [0, 0.05) is 21.1 Å². The molecule has 0 saturated heterocycles. The largest absolute Gasteiger partial charge is 0.467 e. The highest BCUT2D eigenvalue weighted by atomic mass is 35.5. The Bertz CT molecular complexity index is 559. The Kier molecular flexibility index (Phi) is 4.68. The van der Waals surface area contributed by atoms with Gasteiger partial charge in [-0.25, -0.2) is 4.99 Å². The minimum absolute atomic E-state index is 0.182. The number of halogens is 3. The van der Waals surface area contributed by atoms with E-state index in [1.807, 2.05) is 26.0 Å². The van der Waals surface area contributed by atoms with Crippen LogP contribution in [0, 0.1) is 6.92 Å². The van der Waals surface area contributed by atoms with Crippen molar-refractivity contribution in [1.82, 2.24) is 0 Å². The van der Waals surface area contributed by atoms with E-state index in [0.29, 0.717) is 15.9 Å². The van der Waals surface area contributed by atoms with Crippen molar-refractivity contribution < 1.29 is 4.74 Å². The molecule has 0 bridgehead atoms. The molecule has 2 rings (SSSR count). The molecule has 0 radical (unpaired) electrons. The summed E-state index contributed by atoms with van der Waals surface area (Å²) in [6.45, 7) is 5.99. The molecule has 0 saturated carbocycles. The Morgan fingerprint density at radius 2 is 1.95 bits per heavy atom. The van der Waals surface area contributed by atoms with Gasteiger partial charge in [-0.05, 0) is 44.0 Å². The highest BCUT2D eigenvalue weighted by molar-refractivity contribution is 6.36. The van der Waals surface area contributed by atoms with Crippen molar-refractivity contribution in [1.29, 1.82) is 0 Å². The number of nitrogens with zero attached hydrogens (tertiary/aromatic N) is 1. The first-order valence-corrected chi connectivity index (χ1v) is 7.60. The molecule has 1 aromatic rings. The van der Waals surface area contributed by atoms with Crippen LogP contribution in [0.3, 0.4) is 0 Å². The van der Waals surface area contributed by atoms with Crippen molar-refractivity contribution in [2.24, 2.45) is 4.99 Å². The van der Waals surface area contributed by atoms with Crippen LogP contribution in [0.4, 0.5) is 0 Å². The second-order valence-electron chi connectivity index (χ2n) is 5.05. The molecular weight excluding hydrogens is 317 g/mol. The van der Waals surface area contributed by atoms with Gasteiger partial charge in [0.05, 0.1) is 0 Å². The van der Waals surface area contributed by atoms with Gasteiger partial charge >= 0.3 is 0 Å². The zero-order valence-electron chi connectivity index (χ0n) is 11.6. The number of rotatable bonds is 3. The first-order valence-electron chi connectivity index (χ1n) is 6.40. The summed E-state index contributed by atoms with van der Waals surface area (Å²) in [4.78, 5) is 4.69. The molecule has 2 atom stereocenters. The highest BCUT2D eigenvalue weighted by Crippen LogP contribution is 2.34. The van der Waals surface area contributed by atoms with Crippen molar-refractivity contribution >= 4 is 40.7 Å². The lowest BCUT2D eigenvalue weighted by molar-refractivity contribution is 0.189. The summed E-state index contributed by atoms with van der Waals surface area (Å²) in [7, 11) is 0. The fourth-order valence-corrected chi connectivity index (χ4v) is 2.68. The molecule has 0 amide bonds. The second kappa shape index (κ2) is 5.97. The van der Waals surface area contributed by atoms with E-state index in [2.05, 4.69) is 11.9 Å². The predicted octanol–water partition coefficient (Wildman–Crippen LogP) is 5.37. The fourth-order valence-electron chi connectivity index (χ4n) is 2.06. The SMILES string of the molecule is CCC1(C)N=C(c2cc(Cl)c(C)c(Cl)c2)OC1C=CCl. The van der Waals surface area contributed by atoms with Crippen LogP contribution in [0.25, 0.3) is 0 Å². The van der Waals surface area contributed by atoms with E-state index in [1.54, 1.807) is 6.08 Å². The topological polar surface area (TPSA) is 21.6 Å². The third kappa shape index (κ3) is 2.83. The molecule has 1 heterocycles. The van der Waals surface area contributed by atoms with Crippen LogP contribution in [0.15, 0.2) is 28.7 Å². The first-order chi connectivity index (χ1) is 9.41. The zero-order chi connectivity index (χ0) is 14.9. The molecule has 0 fully saturated rings. The quantitative estimate of drug-likeness (QED) is 0.729. The van der Waals surface area contributed by atoms with E-state index in [9.17, 15) is 0 Å². The Morgan fingerprint density at radius 3 is 2.45 bits per heavy atom. The molecular formula is C15H16Cl3NO. The number of ether oxygens (including phenoxy) is 1. The molecule has 2 unspecified atom stereocenters. The monoisotopic (exact) mass is 331 g/mol. The summed E-state index contributed by atoms with van der Waals surface area (Å²) in [5.74, 6) is 0.554. The van der Waals surface area contributed by atoms with Crippen LogP contribution >= 0.6 is 34.8 Å². The lowest BCUT2D eigenvalue weighted by Crippen LogP contribution is -2.32. The summed E-state index contributed by atoms with van der Waals surface area (Å²) in [6.07, 6.45) is 2.47. The Morgan fingerprint density at radius 1 is 1.35 bits per heavy atom. The number of hydrogen-bond donors (Lipinski definition) is 0. The average Bonchev–Trinajstić information content (AvgIpc) is 2.74. The molecule has 1 aliphatic heterocycles. The van der Waals surface area contributed by atoms with Gasteiger partial charge in [-0.15, -0.1) is 0 Å². The van der Waals surface area contributed by atoms with Gasteiger partial charge < -0.3 is 4.74 Å². The maximum atomic E-state index is 6.17. The lowest BCUT2D eigenvalue weighted by atomic mass is 9.93. The minimum Gasteiger partial charge on any atom is -0.467 e. The molecule has 0 spiro atoms. The molecule has 108 valence electrons. The van der Waals surface area contributed by atoms with E-state index in [1.165, 1.54) is 5.54 Å². The third-order valence-electron chi connectivity index (χ3n) is 3.70. The molecule has 20 heavy (non-hydrogen) atoms. The lowest BCUT2D eigenvalue weighted by Gasteiger charge is -2.23. The van der Waals surface area contributed by atoms with E-state index in [-0.39, 0.29) is 11.6 Å². The molecule has 0 N–H and O–H groups in total. The minimum atomic E-state index is -0.329. The van der Waals surface area contributed by atoms with Crippen molar-refractivity contribution in [3.05, 3.63) is 44.9 Å². The van der Waals surface area contributed by atoms with Crippen molar-refractivity contribution in [3.63, 3.8) is 0 Å². The van der Waals surface area contributed by atoms with Gasteiger partial charge in [0.15, 0.2) is 0 Å². The van der Waals surface area contributed by atoms with Crippen molar-refractivity contribution in [2.75, 3.05) is 0 Å². The molecule has 0 aromatic heterocycles. The maximum absolute atomic E-state index is 6.17. The average molecular weight is 333 g/mol. The Balaban J connectivity index is 2.42. The number of benzene rings is 1. The Hall–Kier alpha value is -0.700. The molecule has 1 aromatic carbocycles. The van der Waals surface area contributed by atoms with Crippen molar-refractivity contribution in [2.45, 2.75) is 38.8 Å². The summed E-state index contributed by atoms with van der Waals surface area (Å²) >= 11 is 18.0.